The first-order chi connectivity index (χ1) is 10.1. The quantitative estimate of drug-likeness (QED) is 0.736. The van der Waals surface area contributed by atoms with Crippen molar-refractivity contribution in [2.24, 2.45) is 0 Å². The predicted molar refractivity (Wildman–Crippen MR) is 84.2 cm³/mol. The van der Waals surface area contributed by atoms with Crippen molar-refractivity contribution in [2.75, 3.05) is 7.11 Å². The van der Waals surface area contributed by atoms with E-state index in [4.69, 9.17) is 4.74 Å². The first-order valence-corrected chi connectivity index (χ1v) is 6.87. The molecule has 0 aliphatic carbocycles. The van der Waals surface area contributed by atoms with Gasteiger partial charge < -0.3 is 9.72 Å². The molecule has 0 fully saturated rings. The van der Waals surface area contributed by atoms with Gasteiger partial charge in [0.25, 0.3) is 0 Å². The Labute approximate surface area is 123 Å². The van der Waals surface area contributed by atoms with Crippen LogP contribution in [-0.2, 0) is 0 Å². The molecule has 1 N–H and O–H groups in total. The van der Waals surface area contributed by atoms with E-state index in [9.17, 15) is 4.79 Å². The molecule has 3 rings (SSSR count). The summed E-state index contributed by atoms with van der Waals surface area (Å²) < 4.78 is 5.30. The number of carbonyl (C=O) groups excluding carboxylic acids is 1. The normalized spacial score (nSPS) is 10.8. The molecule has 3 aromatic rings. The number of nitrogens with one attached hydrogen (secondary N) is 1. The Morgan fingerprint density at radius 3 is 2.67 bits per heavy atom. The van der Waals surface area contributed by atoms with Gasteiger partial charge in [0.15, 0.2) is 5.78 Å². The second-order valence-electron chi connectivity index (χ2n) is 5.26. The number of aryl methyl sites for hydroxylation is 2. The number of aromatic amines is 1. The van der Waals surface area contributed by atoms with Crippen LogP contribution >= 0.6 is 0 Å². The SMILES string of the molecule is COc1cc(C(=O)c2c[nH]c3ccc(C)cc23)ccc1C. The van der Waals surface area contributed by atoms with E-state index in [-0.39, 0.29) is 5.78 Å². The Bertz CT molecular complexity index is 830. The zero-order chi connectivity index (χ0) is 15.0. The lowest BCUT2D eigenvalue weighted by atomic mass is 10.0. The van der Waals surface area contributed by atoms with Gasteiger partial charge in [-0.1, -0.05) is 23.8 Å². The van der Waals surface area contributed by atoms with Crippen molar-refractivity contribution in [1.82, 2.24) is 4.98 Å². The smallest absolute Gasteiger partial charge is 0.195 e. The van der Waals surface area contributed by atoms with E-state index < -0.39 is 0 Å². The molecule has 0 atom stereocenters. The number of hydrogen-bond donors (Lipinski definition) is 1. The fourth-order valence-electron chi connectivity index (χ4n) is 2.54. The number of ketones is 1. The number of hydrogen-bond acceptors (Lipinski definition) is 2. The van der Waals surface area contributed by atoms with E-state index in [1.165, 1.54) is 0 Å². The van der Waals surface area contributed by atoms with Crippen molar-refractivity contribution >= 4 is 16.7 Å². The Hall–Kier alpha value is -2.55. The molecular formula is C18H17NO2. The summed E-state index contributed by atoms with van der Waals surface area (Å²) in [7, 11) is 1.62. The number of H-pyrrole nitrogens is 1. The standard InChI is InChI=1S/C18H17NO2/c1-11-4-7-16-14(8-11)15(10-19-16)18(20)13-6-5-12(2)17(9-13)21-3/h4-10,19H,1-3H3. The third kappa shape index (κ3) is 2.31. The number of carbonyl (C=O) groups is 1. The molecule has 0 aliphatic heterocycles. The van der Waals surface area contributed by atoms with Crippen molar-refractivity contribution in [3.63, 3.8) is 0 Å². The summed E-state index contributed by atoms with van der Waals surface area (Å²) in [5.74, 6) is 0.738. The molecule has 106 valence electrons. The van der Waals surface area contributed by atoms with Crippen molar-refractivity contribution < 1.29 is 9.53 Å². The molecule has 0 saturated carbocycles. The summed E-state index contributed by atoms with van der Waals surface area (Å²) in [4.78, 5) is 15.9. The van der Waals surface area contributed by atoms with Gasteiger partial charge in [0.05, 0.1) is 7.11 Å². The zero-order valence-electron chi connectivity index (χ0n) is 12.4. The van der Waals surface area contributed by atoms with Gasteiger partial charge >= 0.3 is 0 Å². The third-order valence-electron chi connectivity index (χ3n) is 3.75. The average molecular weight is 279 g/mol. The van der Waals surface area contributed by atoms with Gasteiger partial charge in [0, 0.05) is 28.2 Å². The minimum atomic E-state index is 0.00477. The van der Waals surface area contributed by atoms with Gasteiger partial charge in [0.1, 0.15) is 5.75 Å². The Morgan fingerprint density at radius 2 is 1.90 bits per heavy atom. The molecule has 3 nitrogen and oxygen atoms in total. The zero-order valence-corrected chi connectivity index (χ0v) is 12.4. The Balaban J connectivity index is 2.10. The van der Waals surface area contributed by atoms with Crippen LogP contribution in [0.1, 0.15) is 27.0 Å². The minimum Gasteiger partial charge on any atom is -0.496 e. The molecule has 0 saturated heterocycles. The molecular weight excluding hydrogens is 262 g/mol. The van der Waals surface area contributed by atoms with E-state index in [0.717, 1.165) is 27.8 Å². The summed E-state index contributed by atoms with van der Waals surface area (Å²) in [5.41, 5.74) is 4.46. The summed E-state index contributed by atoms with van der Waals surface area (Å²) in [6, 6.07) is 11.6. The van der Waals surface area contributed by atoms with Gasteiger partial charge in [-0.2, -0.15) is 0 Å². The van der Waals surface area contributed by atoms with E-state index in [0.29, 0.717) is 11.1 Å². The summed E-state index contributed by atoms with van der Waals surface area (Å²) >= 11 is 0. The lowest BCUT2D eigenvalue weighted by molar-refractivity contribution is 0.104. The largest absolute Gasteiger partial charge is 0.496 e. The highest BCUT2D eigenvalue weighted by Gasteiger charge is 2.15. The molecule has 3 heteroatoms. The lowest BCUT2D eigenvalue weighted by Crippen LogP contribution is -2.01. The van der Waals surface area contributed by atoms with Crippen molar-refractivity contribution in [1.29, 1.82) is 0 Å². The monoisotopic (exact) mass is 279 g/mol. The van der Waals surface area contributed by atoms with Gasteiger partial charge in [-0.05, 0) is 37.6 Å². The topological polar surface area (TPSA) is 42.1 Å². The van der Waals surface area contributed by atoms with Gasteiger partial charge in [-0.25, -0.2) is 0 Å². The van der Waals surface area contributed by atoms with E-state index >= 15 is 0 Å². The van der Waals surface area contributed by atoms with E-state index in [1.807, 2.05) is 44.2 Å². The predicted octanol–water partition coefficient (Wildman–Crippen LogP) is 4.02. The van der Waals surface area contributed by atoms with Crippen LogP contribution in [-0.4, -0.2) is 17.9 Å². The molecule has 0 radical (unpaired) electrons. The van der Waals surface area contributed by atoms with Gasteiger partial charge in [-0.3, -0.25) is 4.79 Å². The van der Waals surface area contributed by atoms with E-state index in [1.54, 1.807) is 19.4 Å². The van der Waals surface area contributed by atoms with E-state index in [2.05, 4.69) is 4.98 Å². The molecule has 1 aromatic heterocycles. The van der Waals surface area contributed by atoms with Crippen molar-refractivity contribution in [2.45, 2.75) is 13.8 Å². The molecule has 0 amide bonds. The first kappa shape index (κ1) is 13.4. The van der Waals surface area contributed by atoms with Crippen molar-refractivity contribution in [3.05, 3.63) is 64.8 Å². The van der Waals surface area contributed by atoms with Crippen LogP contribution in [0.15, 0.2) is 42.6 Å². The molecule has 2 aromatic carbocycles. The fraction of sp³-hybridized carbons (Fsp3) is 0.167. The number of fused-ring (bicyclic) bond motifs is 1. The second-order valence-corrected chi connectivity index (χ2v) is 5.26. The maximum absolute atomic E-state index is 12.7. The molecule has 0 spiro atoms. The molecule has 0 bridgehead atoms. The van der Waals surface area contributed by atoms with Crippen molar-refractivity contribution in [3.8, 4) is 5.75 Å². The number of rotatable bonds is 3. The second kappa shape index (κ2) is 5.09. The highest BCUT2D eigenvalue weighted by molar-refractivity contribution is 6.16. The summed E-state index contributed by atoms with van der Waals surface area (Å²) in [6.07, 6.45) is 1.78. The van der Waals surface area contributed by atoms with Crippen LogP contribution in [0.2, 0.25) is 0 Å². The first-order valence-electron chi connectivity index (χ1n) is 6.87. The summed E-state index contributed by atoms with van der Waals surface area (Å²) in [6.45, 7) is 3.98. The molecule has 1 heterocycles. The number of benzene rings is 2. The number of aromatic nitrogens is 1. The maximum atomic E-state index is 12.7. The summed E-state index contributed by atoms with van der Waals surface area (Å²) in [5, 5.41) is 0.958. The van der Waals surface area contributed by atoms with Crippen LogP contribution in [0.25, 0.3) is 10.9 Å². The van der Waals surface area contributed by atoms with Gasteiger partial charge in [0.2, 0.25) is 0 Å². The minimum absolute atomic E-state index is 0.00477. The van der Waals surface area contributed by atoms with Gasteiger partial charge in [-0.15, -0.1) is 0 Å². The third-order valence-corrected chi connectivity index (χ3v) is 3.75. The number of methoxy groups -OCH3 is 1. The van der Waals surface area contributed by atoms with Crippen LogP contribution in [0.4, 0.5) is 0 Å². The molecule has 0 unspecified atom stereocenters. The maximum Gasteiger partial charge on any atom is 0.195 e. The highest BCUT2D eigenvalue weighted by atomic mass is 16.5. The molecule has 21 heavy (non-hydrogen) atoms. The Kier molecular flexibility index (Phi) is 3.26. The van der Waals surface area contributed by atoms with Crippen LogP contribution in [0.5, 0.6) is 5.75 Å². The fourth-order valence-corrected chi connectivity index (χ4v) is 2.54. The molecule has 0 aliphatic rings. The van der Waals surface area contributed by atoms with Crippen LogP contribution < -0.4 is 4.74 Å². The lowest BCUT2D eigenvalue weighted by Gasteiger charge is -2.07. The van der Waals surface area contributed by atoms with Crippen LogP contribution in [0.3, 0.4) is 0 Å². The number of ether oxygens (including phenoxy) is 1. The average Bonchev–Trinajstić information content (AvgIpc) is 2.90. The van der Waals surface area contributed by atoms with Crippen LogP contribution in [0, 0.1) is 13.8 Å². The Morgan fingerprint density at radius 1 is 1.10 bits per heavy atom. The highest BCUT2D eigenvalue weighted by Crippen LogP contribution is 2.25.